The second-order valence-corrected chi connectivity index (χ2v) is 6.29. The lowest BCUT2D eigenvalue weighted by Gasteiger charge is -2.09. The molecule has 0 unspecified atom stereocenters. The van der Waals surface area contributed by atoms with Gasteiger partial charge in [-0.2, -0.15) is 5.10 Å². The van der Waals surface area contributed by atoms with Crippen LogP contribution in [0.2, 0.25) is 0 Å². The summed E-state index contributed by atoms with van der Waals surface area (Å²) in [6, 6.07) is 1.80. The highest BCUT2D eigenvalue weighted by molar-refractivity contribution is 7.21. The molecular formula is C14H18N4OS. The van der Waals surface area contributed by atoms with Crippen molar-refractivity contribution in [3.05, 3.63) is 17.1 Å². The van der Waals surface area contributed by atoms with Gasteiger partial charge in [0.2, 0.25) is 0 Å². The van der Waals surface area contributed by atoms with E-state index in [2.05, 4.69) is 15.5 Å². The van der Waals surface area contributed by atoms with Gasteiger partial charge in [0, 0.05) is 11.9 Å². The van der Waals surface area contributed by atoms with Crippen LogP contribution in [0.3, 0.4) is 0 Å². The predicted octanol–water partition coefficient (Wildman–Crippen LogP) is 2.58. The van der Waals surface area contributed by atoms with Gasteiger partial charge in [0.1, 0.15) is 9.71 Å². The first-order valence-corrected chi connectivity index (χ1v) is 7.85. The van der Waals surface area contributed by atoms with Gasteiger partial charge < -0.3 is 11.1 Å². The van der Waals surface area contributed by atoms with Crippen molar-refractivity contribution in [2.75, 3.05) is 12.3 Å². The van der Waals surface area contributed by atoms with Gasteiger partial charge in [-0.3, -0.25) is 4.79 Å². The highest BCUT2D eigenvalue weighted by atomic mass is 32.1. The maximum absolute atomic E-state index is 12.2. The van der Waals surface area contributed by atoms with Crippen LogP contribution in [-0.4, -0.2) is 22.6 Å². The number of fused-ring (bicyclic) bond motifs is 1. The average molecular weight is 290 g/mol. The largest absolute Gasteiger partial charge is 0.397 e. The number of nitrogens with two attached hydrogens (primary N) is 1. The quantitative estimate of drug-likeness (QED) is 0.907. The molecule has 2 aromatic heterocycles. The molecule has 0 saturated heterocycles. The molecule has 0 spiro atoms. The summed E-state index contributed by atoms with van der Waals surface area (Å²) in [4.78, 5) is 13.4. The van der Waals surface area contributed by atoms with Crippen LogP contribution >= 0.6 is 11.3 Å². The zero-order valence-electron chi connectivity index (χ0n) is 11.3. The van der Waals surface area contributed by atoms with Crippen LogP contribution in [0.4, 0.5) is 5.69 Å². The summed E-state index contributed by atoms with van der Waals surface area (Å²) in [7, 11) is 0. The number of hydrogen-bond donors (Lipinski definition) is 2. The van der Waals surface area contributed by atoms with Crippen LogP contribution in [0.15, 0.2) is 12.3 Å². The van der Waals surface area contributed by atoms with Crippen LogP contribution in [0.1, 0.15) is 41.8 Å². The van der Waals surface area contributed by atoms with Crippen LogP contribution in [0.5, 0.6) is 0 Å². The van der Waals surface area contributed by atoms with Crippen molar-refractivity contribution < 1.29 is 4.79 Å². The van der Waals surface area contributed by atoms with Crippen molar-refractivity contribution in [1.82, 2.24) is 15.5 Å². The second kappa shape index (κ2) is 5.75. The van der Waals surface area contributed by atoms with Gasteiger partial charge in [-0.1, -0.05) is 25.7 Å². The predicted molar refractivity (Wildman–Crippen MR) is 80.7 cm³/mol. The summed E-state index contributed by atoms with van der Waals surface area (Å²) in [6.07, 6.45) is 7.93. The molecule has 1 amide bonds. The lowest BCUT2D eigenvalue weighted by atomic mass is 10.0. The van der Waals surface area contributed by atoms with E-state index < -0.39 is 0 Å². The van der Waals surface area contributed by atoms with Crippen molar-refractivity contribution in [3.8, 4) is 0 Å². The number of nitrogens with one attached hydrogen (secondary N) is 1. The molecule has 1 aliphatic rings. The van der Waals surface area contributed by atoms with Crippen molar-refractivity contribution in [1.29, 1.82) is 0 Å². The number of carbonyl (C=O) groups is 1. The highest BCUT2D eigenvalue weighted by Gasteiger charge is 2.18. The van der Waals surface area contributed by atoms with Crippen molar-refractivity contribution in [2.45, 2.75) is 32.1 Å². The first-order chi connectivity index (χ1) is 9.75. The third-order valence-electron chi connectivity index (χ3n) is 3.94. The van der Waals surface area contributed by atoms with E-state index >= 15 is 0 Å². The molecule has 0 aliphatic heterocycles. The first kappa shape index (κ1) is 13.3. The molecule has 0 atom stereocenters. The minimum atomic E-state index is -0.0940. The summed E-state index contributed by atoms with van der Waals surface area (Å²) in [5, 5.41) is 11.6. The van der Waals surface area contributed by atoms with Crippen LogP contribution in [0.25, 0.3) is 10.2 Å². The highest BCUT2D eigenvalue weighted by Crippen LogP contribution is 2.31. The smallest absolute Gasteiger partial charge is 0.263 e. The van der Waals surface area contributed by atoms with Crippen molar-refractivity contribution in [3.63, 3.8) is 0 Å². The van der Waals surface area contributed by atoms with E-state index in [-0.39, 0.29) is 5.91 Å². The van der Waals surface area contributed by atoms with Crippen molar-refractivity contribution >= 4 is 33.1 Å². The number of hydrogen-bond acceptors (Lipinski definition) is 5. The van der Waals surface area contributed by atoms with Gasteiger partial charge in [-0.05, 0) is 18.4 Å². The SMILES string of the molecule is Nc1c(C(=O)NCCC2CCCC2)sc2nnccc12. The molecule has 5 nitrogen and oxygen atoms in total. The molecule has 1 fully saturated rings. The number of nitrogen functional groups attached to an aromatic ring is 1. The fourth-order valence-corrected chi connectivity index (χ4v) is 3.76. The molecule has 2 heterocycles. The van der Waals surface area contributed by atoms with Gasteiger partial charge in [0.05, 0.1) is 11.9 Å². The standard InChI is InChI=1S/C14H18N4OS/c15-11-10-6-8-17-18-14(10)20-12(11)13(19)16-7-5-9-3-1-2-4-9/h6,8-9H,1-5,7,15H2,(H,16,19). The monoisotopic (exact) mass is 290 g/mol. The number of carbonyl (C=O) groups excluding carboxylic acids is 1. The fourth-order valence-electron chi connectivity index (χ4n) is 2.81. The maximum atomic E-state index is 12.2. The first-order valence-electron chi connectivity index (χ1n) is 7.03. The van der Waals surface area contributed by atoms with Crippen LogP contribution in [0, 0.1) is 5.92 Å². The number of rotatable bonds is 4. The summed E-state index contributed by atoms with van der Waals surface area (Å²) in [5.74, 6) is 0.685. The molecule has 0 aromatic carbocycles. The Morgan fingerprint density at radius 1 is 1.45 bits per heavy atom. The van der Waals surface area contributed by atoms with E-state index in [0.29, 0.717) is 15.4 Å². The lowest BCUT2D eigenvalue weighted by molar-refractivity contribution is 0.0956. The number of anilines is 1. The van der Waals surface area contributed by atoms with Gasteiger partial charge >= 0.3 is 0 Å². The minimum absolute atomic E-state index is 0.0940. The van der Waals surface area contributed by atoms with Gasteiger partial charge in [-0.25, -0.2) is 0 Å². The number of nitrogens with zero attached hydrogens (tertiary/aromatic N) is 2. The van der Waals surface area contributed by atoms with Gasteiger partial charge in [-0.15, -0.1) is 16.4 Å². The Hall–Kier alpha value is -1.69. The van der Waals surface area contributed by atoms with E-state index in [0.717, 1.165) is 24.3 Å². The van der Waals surface area contributed by atoms with Crippen molar-refractivity contribution in [2.24, 2.45) is 5.92 Å². The molecule has 106 valence electrons. The Labute approximate surface area is 121 Å². The Morgan fingerprint density at radius 3 is 3.00 bits per heavy atom. The van der Waals surface area contributed by atoms with Gasteiger partial charge in [0.25, 0.3) is 5.91 Å². The molecule has 2 aromatic rings. The normalized spacial score (nSPS) is 15.8. The van der Waals surface area contributed by atoms with Crippen LogP contribution in [-0.2, 0) is 0 Å². The minimum Gasteiger partial charge on any atom is -0.397 e. The molecule has 1 aliphatic carbocycles. The second-order valence-electron chi connectivity index (χ2n) is 5.29. The molecule has 3 rings (SSSR count). The summed E-state index contributed by atoms with van der Waals surface area (Å²) < 4.78 is 0. The lowest BCUT2D eigenvalue weighted by Crippen LogP contribution is -2.25. The number of amides is 1. The molecule has 3 N–H and O–H groups in total. The molecule has 6 heteroatoms. The van der Waals surface area contributed by atoms with E-state index in [1.807, 2.05) is 0 Å². The molecular weight excluding hydrogens is 272 g/mol. The van der Waals surface area contributed by atoms with Gasteiger partial charge in [0.15, 0.2) is 0 Å². The summed E-state index contributed by atoms with van der Waals surface area (Å²) in [5.41, 5.74) is 6.53. The third kappa shape index (κ3) is 2.60. The molecule has 20 heavy (non-hydrogen) atoms. The topological polar surface area (TPSA) is 80.9 Å². The number of thiophene rings is 1. The maximum Gasteiger partial charge on any atom is 0.263 e. The fraction of sp³-hybridized carbons (Fsp3) is 0.500. The third-order valence-corrected chi connectivity index (χ3v) is 5.04. The zero-order chi connectivity index (χ0) is 13.9. The molecule has 0 radical (unpaired) electrons. The van der Waals surface area contributed by atoms with E-state index in [4.69, 9.17) is 5.73 Å². The average Bonchev–Trinajstić information content (AvgIpc) is 3.08. The van der Waals surface area contributed by atoms with Crippen LogP contribution < -0.4 is 11.1 Å². The zero-order valence-corrected chi connectivity index (χ0v) is 12.1. The Bertz CT molecular complexity index is 619. The summed E-state index contributed by atoms with van der Waals surface area (Å²) >= 11 is 1.30. The Balaban J connectivity index is 1.64. The Kier molecular flexibility index (Phi) is 3.82. The van der Waals surface area contributed by atoms with E-state index in [1.54, 1.807) is 12.3 Å². The number of aromatic nitrogens is 2. The molecule has 1 saturated carbocycles. The van der Waals surface area contributed by atoms with E-state index in [1.165, 1.54) is 37.0 Å². The Morgan fingerprint density at radius 2 is 2.25 bits per heavy atom. The van der Waals surface area contributed by atoms with E-state index in [9.17, 15) is 4.79 Å². The molecule has 0 bridgehead atoms. The summed E-state index contributed by atoms with van der Waals surface area (Å²) in [6.45, 7) is 0.725.